The molecule has 0 fully saturated rings. The number of para-hydroxylation sites is 1. The van der Waals surface area contributed by atoms with Crippen LogP contribution in [0.2, 0.25) is 0 Å². The van der Waals surface area contributed by atoms with Crippen LogP contribution in [0.1, 0.15) is 30.1 Å². The van der Waals surface area contributed by atoms with E-state index < -0.39 is 0 Å². The molecule has 0 saturated heterocycles. The van der Waals surface area contributed by atoms with Gasteiger partial charge in [0.1, 0.15) is 0 Å². The van der Waals surface area contributed by atoms with E-state index in [4.69, 9.17) is 0 Å². The summed E-state index contributed by atoms with van der Waals surface area (Å²) in [4.78, 5) is 18.5. The first kappa shape index (κ1) is 15.0. The minimum absolute atomic E-state index is 0.139. The van der Waals surface area contributed by atoms with Gasteiger partial charge in [0, 0.05) is 25.5 Å². The molecule has 0 atom stereocenters. The van der Waals surface area contributed by atoms with Gasteiger partial charge in [-0.1, -0.05) is 31.5 Å². The van der Waals surface area contributed by atoms with Crippen molar-refractivity contribution in [3.8, 4) is 0 Å². The molecule has 4 nitrogen and oxygen atoms in total. The zero-order valence-corrected chi connectivity index (χ0v) is 12.5. The topological polar surface area (TPSA) is 45.2 Å². The molecule has 0 saturated carbocycles. The van der Waals surface area contributed by atoms with Crippen LogP contribution < -0.4 is 10.2 Å². The van der Waals surface area contributed by atoms with Crippen LogP contribution in [0.4, 0.5) is 11.4 Å². The average molecular weight is 283 g/mol. The molecule has 21 heavy (non-hydrogen) atoms. The van der Waals surface area contributed by atoms with Crippen molar-refractivity contribution < 1.29 is 4.79 Å². The number of hydrogen-bond acceptors (Lipinski definition) is 3. The minimum Gasteiger partial charge on any atom is -0.373 e. The van der Waals surface area contributed by atoms with Crippen molar-refractivity contribution >= 4 is 17.3 Å². The third kappa shape index (κ3) is 4.31. The summed E-state index contributed by atoms with van der Waals surface area (Å²) in [5.74, 6) is -0.139. The lowest BCUT2D eigenvalue weighted by molar-refractivity contribution is 0.102. The van der Waals surface area contributed by atoms with Crippen molar-refractivity contribution in [2.24, 2.45) is 0 Å². The molecular formula is C17H21N3O. The Hall–Kier alpha value is -2.36. The molecule has 110 valence electrons. The SMILES string of the molecule is CCCCN(C)c1cncc(C(=O)Nc2ccccc2)c1. The minimum atomic E-state index is -0.139. The smallest absolute Gasteiger partial charge is 0.257 e. The molecule has 0 aliphatic heterocycles. The number of nitrogens with zero attached hydrogens (tertiary/aromatic N) is 2. The second-order valence-corrected chi connectivity index (χ2v) is 5.03. The Kier molecular flexibility index (Phi) is 5.32. The van der Waals surface area contributed by atoms with Crippen LogP contribution in [-0.4, -0.2) is 24.5 Å². The van der Waals surface area contributed by atoms with E-state index in [1.54, 1.807) is 12.4 Å². The Balaban J connectivity index is 2.08. The lowest BCUT2D eigenvalue weighted by Gasteiger charge is -2.19. The molecule has 4 heteroatoms. The van der Waals surface area contributed by atoms with Gasteiger partial charge in [-0.15, -0.1) is 0 Å². The second-order valence-electron chi connectivity index (χ2n) is 5.03. The van der Waals surface area contributed by atoms with Gasteiger partial charge in [-0.05, 0) is 24.6 Å². The first-order chi connectivity index (χ1) is 10.2. The van der Waals surface area contributed by atoms with Gasteiger partial charge < -0.3 is 10.2 Å². The third-order valence-electron chi connectivity index (χ3n) is 3.31. The Labute approximate surface area is 125 Å². The number of rotatable bonds is 6. The Morgan fingerprint density at radius 2 is 2.00 bits per heavy atom. The van der Waals surface area contributed by atoms with Gasteiger partial charge in [0.25, 0.3) is 5.91 Å². The molecule has 0 radical (unpaired) electrons. The molecule has 0 aliphatic carbocycles. The van der Waals surface area contributed by atoms with E-state index in [0.717, 1.165) is 30.8 Å². The van der Waals surface area contributed by atoms with Gasteiger partial charge in [0.15, 0.2) is 0 Å². The highest BCUT2D eigenvalue weighted by atomic mass is 16.1. The molecule has 1 aromatic carbocycles. The maximum absolute atomic E-state index is 12.2. The lowest BCUT2D eigenvalue weighted by atomic mass is 10.2. The van der Waals surface area contributed by atoms with E-state index in [1.165, 1.54) is 0 Å². The summed E-state index contributed by atoms with van der Waals surface area (Å²) in [6.07, 6.45) is 5.65. The number of nitrogens with one attached hydrogen (secondary N) is 1. The maximum Gasteiger partial charge on any atom is 0.257 e. The van der Waals surface area contributed by atoms with Crippen molar-refractivity contribution in [1.29, 1.82) is 0 Å². The van der Waals surface area contributed by atoms with Crippen LogP contribution in [0.15, 0.2) is 48.8 Å². The van der Waals surface area contributed by atoms with Crippen molar-refractivity contribution in [2.45, 2.75) is 19.8 Å². The van der Waals surface area contributed by atoms with Crippen LogP contribution in [0.25, 0.3) is 0 Å². The lowest BCUT2D eigenvalue weighted by Crippen LogP contribution is -2.19. The van der Waals surface area contributed by atoms with Crippen LogP contribution in [0.5, 0.6) is 0 Å². The Bertz CT molecular complexity index is 584. The Morgan fingerprint density at radius 3 is 2.71 bits per heavy atom. The van der Waals surface area contributed by atoms with Gasteiger partial charge in [-0.25, -0.2) is 0 Å². The van der Waals surface area contributed by atoms with Gasteiger partial charge in [-0.3, -0.25) is 9.78 Å². The molecule has 1 heterocycles. The van der Waals surface area contributed by atoms with Crippen molar-refractivity contribution in [2.75, 3.05) is 23.8 Å². The Morgan fingerprint density at radius 1 is 1.24 bits per heavy atom. The number of unbranched alkanes of at least 4 members (excludes halogenated alkanes) is 1. The van der Waals surface area contributed by atoms with E-state index in [1.807, 2.05) is 43.4 Å². The van der Waals surface area contributed by atoms with Crippen LogP contribution in [0.3, 0.4) is 0 Å². The molecule has 1 aromatic heterocycles. The van der Waals surface area contributed by atoms with Crippen molar-refractivity contribution in [3.63, 3.8) is 0 Å². The van der Waals surface area contributed by atoms with E-state index in [-0.39, 0.29) is 5.91 Å². The fourth-order valence-electron chi connectivity index (χ4n) is 2.01. The standard InChI is InChI=1S/C17H21N3O/c1-3-4-10-20(2)16-11-14(12-18-13-16)17(21)19-15-8-6-5-7-9-15/h5-9,11-13H,3-4,10H2,1-2H3,(H,19,21). The first-order valence-electron chi connectivity index (χ1n) is 7.23. The van der Waals surface area contributed by atoms with E-state index >= 15 is 0 Å². The number of carbonyl (C=O) groups excluding carboxylic acids is 1. The first-order valence-corrected chi connectivity index (χ1v) is 7.23. The average Bonchev–Trinajstić information content (AvgIpc) is 2.53. The number of benzene rings is 1. The van der Waals surface area contributed by atoms with Crippen LogP contribution in [-0.2, 0) is 0 Å². The third-order valence-corrected chi connectivity index (χ3v) is 3.31. The number of aromatic nitrogens is 1. The fraction of sp³-hybridized carbons (Fsp3) is 0.294. The largest absolute Gasteiger partial charge is 0.373 e. The molecule has 2 aromatic rings. The highest BCUT2D eigenvalue weighted by Crippen LogP contribution is 2.15. The zero-order valence-electron chi connectivity index (χ0n) is 12.5. The summed E-state index contributed by atoms with van der Waals surface area (Å²) in [6, 6.07) is 11.3. The summed E-state index contributed by atoms with van der Waals surface area (Å²) >= 11 is 0. The highest BCUT2D eigenvalue weighted by Gasteiger charge is 2.09. The van der Waals surface area contributed by atoms with Gasteiger partial charge in [0.2, 0.25) is 0 Å². The van der Waals surface area contributed by atoms with Gasteiger partial charge >= 0.3 is 0 Å². The second kappa shape index (κ2) is 7.43. The highest BCUT2D eigenvalue weighted by molar-refractivity contribution is 6.04. The molecule has 1 amide bonds. The van der Waals surface area contributed by atoms with Crippen molar-refractivity contribution in [1.82, 2.24) is 4.98 Å². The monoisotopic (exact) mass is 283 g/mol. The molecular weight excluding hydrogens is 262 g/mol. The summed E-state index contributed by atoms with van der Waals surface area (Å²) < 4.78 is 0. The van der Waals surface area contributed by atoms with Crippen molar-refractivity contribution in [3.05, 3.63) is 54.4 Å². The van der Waals surface area contributed by atoms with E-state index in [2.05, 4.69) is 22.1 Å². The predicted molar refractivity (Wildman–Crippen MR) is 86.8 cm³/mol. The van der Waals surface area contributed by atoms with E-state index in [9.17, 15) is 4.79 Å². The van der Waals surface area contributed by atoms with Gasteiger partial charge in [-0.2, -0.15) is 0 Å². The number of amides is 1. The quantitative estimate of drug-likeness (QED) is 0.881. The normalized spacial score (nSPS) is 10.2. The summed E-state index contributed by atoms with van der Waals surface area (Å²) in [5.41, 5.74) is 2.32. The fourth-order valence-corrected chi connectivity index (χ4v) is 2.01. The molecule has 1 N–H and O–H groups in total. The summed E-state index contributed by atoms with van der Waals surface area (Å²) in [7, 11) is 2.02. The summed E-state index contributed by atoms with van der Waals surface area (Å²) in [6.45, 7) is 3.12. The summed E-state index contributed by atoms with van der Waals surface area (Å²) in [5, 5.41) is 2.87. The molecule has 0 spiro atoms. The number of hydrogen-bond donors (Lipinski definition) is 1. The molecule has 0 bridgehead atoms. The van der Waals surface area contributed by atoms with Crippen LogP contribution in [0, 0.1) is 0 Å². The molecule has 2 rings (SSSR count). The predicted octanol–water partition coefficient (Wildman–Crippen LogP) is 3.57. The number of carbonyl (C=O) groups is 1. The number of anilines is 2. The van der Waals surface area contributed by atoms with Crippen LogP contribution >= 0.6 is 0 Å². The zero-order chi connectivity index (χ0) is 15.1. The molecule has 0 aliphatic rings. The van der Waals surface area contributed by atoms with Gasteiger partial charge in [0.05, 0.1) is 17.4 Å². The maximum atomic E-state index is 12.2. The molecule has 0 unspecified atom stereocenters. The number of pyridine rings is 1. The van der Waals surface area contributed by atoms with E-state index in [0.29, 0.717) is 5.56 Å².